The van der Waals surface area contributed by atoms with Crippen molar-refractivity contribution in [1.82, 2.24) is 5.32 Å². The molecule has 0 spiro atoms. The number of anilines is 1. The summed E-state index contributed by atoms with van der Waals surface area (Å²) in [5.74, 6) is 0.442. The third kappa shape index (κ3) is 6.13. The maximum absolute atomic E-state index is 12.1. The van der Waals surface area contributed by atoms with Crippen LogP contribution < -0.4 is 15.4 Å². The number of amides is 2. The maximum Gasteiger partial charge on any atom is 0.258 e. The summed E-state index contributed by atoms with van der Waals surface area (Å²) in [4.78, 5) is 24.0. The SMILES string of the molecule is Cc1cc(OCC(=O)NCC(=O)Nc2cccc(C)c2C)cc(C(C)C)c1. The molecule has 27 heavy (non-hydrogen) atoms. The standard InChI is InChI=1S/C22H28N2O3/c1-14(2)18-9-15(3)10-19(11-18)27-13-22(26)23-12-21(25)24-20-8-6-7-16(4)17(20)5/h6-11,14H,12-13H2,1-5H3,(H,23,26)(H,24,25). The maximum atomic E-state index is 12.1. The normalized spacial score (nSPS) is 10.6. The van der Waals surface area contributed by atoms with E-state index < -0.39 is 0 Å². The van der Waals surface area contributed by atoms with Crippen molar-refractivity contribution >= 4 is 17.5 Å². The highest BCUT2D eigenvalue weighted by Crippen LogP contribution is 2.22. The van der Waals surface area contributed by atoms with Crippen molar-refractivity contribution in [2.45, 2.75) is 40.5 Å². The molecule has 0 heterocycles. The Balaban J connectivity index is 1.82. The zero-order valence-corrected chi connectivity index (χ0v) is 16.7. The van der Waals surface area contributed by atoms with E-state index in [1.807, 2.05) is 51.1 Å². The lowest BCUT2D eigenvalue weighted by molar-refractivity contribution is -0.125. The lowest BCUT2D eigenvalue weighted by Gasteiger charge is -2.12. The van der Waals surface area contributed by atoms with Crippen molar-refractivity contribution in [3.8, 4) is 5.75 Å². The van der Waals surface area contributed by atoms with E-state index in [1.165, 1.54) is 5.56 Å². The molecule has 5 heteroatoms. The summed E-state index contributed by atoms with van der Waals surface area (Å²) in [5.41, 5.74) is 5.12. The van der Waals surface area contributed by atoms with Crippen LogP contribution in [-0.2, 0) is 9.59 Å². The van der Waals surface area contributed by atoms with E-state index in [2.05, 4.69) is 30.5 Å². The van der Waals surface area contributed by atoms with Crippen LogP contribution in [0, 0.1) is 20.8 Å². The van der Waals surface area contributed by atoms with Crippen LogP contribution >= 0.6 is 0 Å². The molecule has 2 amide bonds. The second-order valence-electron chi connectivity index (χ2n) is 7.10. The highest BCUT2D eigenvalue weighted by atomic mass is 16.5. The first kappa shape index (κ1) is 20.5. The van der Waals surface area contributed by atoms with Gasteiger partial charge in [-0.2, -0.15) is 0 Å². The molecule has 5 nitrogen and oxygen atoms in total. The molecule has 2 N–H and O–H groups in total. The first-order chi connectivity index (χ1) is 12.8. The number of aryl methyl sites for hydroxylation is 2. The van der Waals surface area contributed by atoms with Gasteiger partial charge in [0.25, 0.3) is 5.91 Å². The average molecular weight is 368 g/mol. The van der Waals surface area contributed by atoms with Gasteiger partial charge in [0.1, 0.15) is 5.75 Å². The molecular weight excluding hydrogens is 340 g/mol. The van der Waals surface area contributed by atoms with Gasteiger partial charge in [0.2, 0.25) is 5.91 Å². The largest absolute Gasteiger partial charge is 0.484 e. The van der Waals surface area contributed by atoms with Crippen LogP contribution in [0.4, 0.5) is 5.69 Å². The summed E-state index contributed by atoms with van der Waals surface area (Å²) in [6, 6.07) is 11.7. The Kier molecular flexibility index (Phi) is 6.99. The van der Waals surface area contributed by atoms with Crippen LogP contribution in [0.5, 0.6) is 5.75 Å². The molecule has 0 unspecified atom stereocenters. The predicted octanol–water partition coefficient (Wildman–Crippen LogP) is 3.87. The molecular formula is C22H28N2O3. The molecule has 0 atom stereocenters. The van der Waals surface area contributed by atoms with Crippen LogP contribution in [0.2, 0.25) is 0 Å². The summed E-state index contributed by atoms with van der Waals surface area (Å²) >= 11 is 0. The summed E-state index contributed by atoms with van der Waals surface area (Å²) in [6.45, 7) is 9.93. The van der Waals surface area contributed by atoms with E-state index >= 15 is 0 Å². The predicted molar refractivity (Wildman–Crippen MR) is 108 cm³/mol. The molecule has 0 saturated carbocycles. The Morgan fingerprint density at radius 2 is 1.78 bits per heavy atom. The minimum Gasteiger partial charge on any atom is -0.484 e. The fourth-order valence-corrected chi connectivity index (χ4v) is 2.65. The summed E-state index contributed by atoms with van der Waals surface area (Å²) in [7, 11) is 0. The van der Waals surface area contributed by atoms with Crippen molar-refractivity contribution < 1.29 is 14.3 Å². The summed E-state index contributed by atoms with van der Waals surface area (Å²) in [5, 5.41) is 5.40. The average Bonchev–Trinajstić information content (AvgIpc) is 2.61. The second-order valence-corrected chi connectivity index (χ2v) is 7.10. The Hall–Kier alpha value is -2.82. The lowest BCUT2D eigenvalue weighted by atomic mass is 10.0. The number of nitrogens with one attached hydrogen (secondary N) is 2. The van der Waals surface area contributed by atoms with Gasteiger partial charge in [0.15, 0.2) is 6.61 Å². The minimum absolute atomic E-state index is 0.0966. The fourth-order valence-electron chi connectivity index (χ4n) is 2.65. The Labute approximate surface area is 161 Å². The highest BCUT2D eigenvalue weighted by Gasteiger charge is 2.10. The number of rotatable bonds is 7. The summed E-state index contributed by atoms with van der Waals surface area (Å²) in [6.07, 6.45) is 0. The number of carbonyl (C=O) groups is 2. The molecule has 144 valence electrons. The molecule has 0 saturated heterocycles. The third-order valence-electron chi connectivity index (χ3n) is 4.43. The Morgan fingerprint density at radius 3 is 2.48 bits per heavy atom. The molecule has 0 aliphatic rings. The van der Waals surface area contributed by atoms with Gasteiger partial charge in [-0.25, -0.2) is 0 Å². The highest BCUT2D eigenvalue weighted by molar-refractivity contribution is 5.95. The van der Waals surface area contributed by atoms with Crippen LogP contribution in [0.3, 0.4) is 0 Å². The smallest absolute Gasteiger partial charge is 0.258 e. The molecule has 2 aromatic carbocycles. The van der Waals surface area contributed by atoms with Crippen LogP contribution in [0.25, 0.3) is 0 Å². The zero-order chi connectivity index (χ0) is 20.0. The number of ether oxygens (including phenoxy) is 1. The number of benzene rings is 2. The fraction of sp³-hybridized carbons (Fsp3) is 0.364. The van der Waals surface area contributed by atoms with Gasteiger partial charge < -0.3 is 15.4 Å². The van der Waals surface area contributed by atoms with Gasteiger partial charge in [0.05, 0.1) is 6.54 Å². The van der Waals surface area contributed by atoms with Crippen molar-refractivity contribution in [3.63, 3.8) is 0 Å². The topological polar surface area (TPSA) is 67.4 Å². The van der Waals surface area contributed by atoms with Crippen molar-refractivity contribution in [2.75, 3.05) is 18.5 Å². The van der Waals surface area contributed by atoms with Gasteiger partial charge in [-0.1, -0.05) is 32.0 Å². The number of hydrogen-bond acceptors (Lipinski definition) is 3. The van der Waals surface area contributed by atoms with Gasteiger partial charge in [-0.05, 0) is 67.1 Å². The van der Waals surface area contributed by atoms with E-state index in [-0.39, 0.29) is 25.0 Å². The van der Waals surface area contributed by atoms with E-state index in [4.69, 9.17) is 4.74 Å². The quantitative estimate of drug-likeness (QED) is 0.780. The van der Waals surface area contributed by atoms with Crippen LogP contribution in [0.15, 0.2) is 36.4 Å². The first-order valence-electron chi connectivity index (χ1n) is 9.13. The van der Waals surface area contributed by atoms with Crippen molar-refractivity contribution in [2.24, 2.45) is 0 Å². The van der Waals surface area contributed by atoms with Crippen LogP contribution in [-0.4, -0.2) is 25.0 Å². The molecule has 2 rings (SSSR count). The van der Waals surface area contributed by atoms with E-state index in [0.29, 0.717) is 11.7 Å². The number of hydrogen-bond donors (Lipinski definition) is 2. The first-order valence-corrected chi connectivity index (χ1v) is 9.13. The molecule has 0 radical (unpaired) electrons. The molecule has 0 fully saturated rings. The van der Waals surface area contributed by atoms with Gasteiger partial charge in [-0.15, -0.1) is 0 Å². The zero-order valence-electron chi connectivity index (χ0n) is 16.7. The van der Waals surface area contributed by atoms with Crippen molar-refractivity contribution in [3.05, 3.63) is 58.7 Å². The molecule has 0 bridgehead atoms. The lowest BCUT2D eigenvalue weighted by Crippen LogP contribution is -2.35. The Bertz CT molecular complexity index is 828. The summed E-state index contributed by atoms with van der Waals surface area (Å²) < 4.78 is 5.58. The van der Waals surface area contributed by atoms with Gasteiger partial charge in [0, 0.05) is 5.69 Å². The molecule has 0 aromatic heterocycles. The molecule has 0 aliphatic heterocycles. The molecule has 0 aliphatic carbocycles. The van der Waals surface area contributed by atoms with Gasteiger partial charge in [-0.3, -0.25) is 9.59 Å². The minimum atomic E-state index is -0.335. The van der Waals surface area contributed by atoms with E-state index in [9.17, 15) is 9.59 Å². The van der Waals surface area contributed by atoms with Gasteiger partial charge >= 0.3 is 0 Å². The Morgan fingerprint density at radius 1 is 1.04 bits per heavy atom. The third-order valence-corrected chi connectivity index (χ3v) is 4.43. The van der Waals surface area contributed by atoms with Crippen LogP contribution in [0.1, 0.15) is 42.0 Å². The molecule has 2 aromatic rings. The second kappa shape index (κ2) is 9.21. The number of carbonyl (C=O) groups excluding carboxylic acids is 2. The monoisotopic (exact) mass is 368 g/mol. The van der Waals surface area contributed by atoms with Crippen molar-refractivity contribution in [1.29, 1.82) is 0 Å². The van der Waals surface area contributed by atoms with E-state index in [0.717, 1.165) is 22.4 Å². The van der Waals surface area contributed by atoms with E-state index in [1.54, 1.807) is 0 Å².